The maximum atomic E-state index is 14.4. The van der Waals surface area contributed by atoms with Gasteiger partial charge in [0.05, 0.1) is 17.5 Å². The average molecular weight is 456 g/mol. The van der Waals surface area contributed by atoms with Crippen molar-refractivity contribution in [3.63, 3.8) is 0 Å². The summed E-state index contributed by atoms with van der Waals surface area (Å²) in [5.41, 5.74) is 3.75. The number of hydrogen-bond donors (Lipinski definition) is 1. The first-order valence-electron chi connectivity index (χ1n) is 12.2. The smallest absolute Gasteiger partial charge is 0.417 e. The van der Waals surface area contributed by atoms with E-state index in [1.165, 1.54) is 15.8 Å². The molecule has 3 aliphatic heterocycles. The third-order valence-electron chi connectivity index (χ3n) is 7.85. The molecule has 6 nitrogen and oxygen atoms in total. The van der Waals surface area contributed by atoms with Gasteiger partial charge in [0.1, 0.15) is 6.61 Å². The monoisotopic (exact) mass is 455 g/mol. The summed E-state index contributed by atoms with van der Waals surface area (Å²) in [6, 6.07) is 17.9. The minimum absolute atomic E-state index is 0.142. The molecule has 6 rings (SSSR count). The molecule has 3 aliphatic rings. The number of rotatable bonds is 4. The Morgan fingerprint density at radius 1 is 1.15 bits per heavy atom. The Labute approximate surface area is 199 Å². The second-order valence-corrected chi connectivity index (χ2v) is 9.60. The SMILES string of the molecule is CC[C@]1(C(=O)N2C(=O)OC[C@H]2Cc2ccccc2)C=CCN2CCc3c([nH]c4ccccc34)[C@H]21. The number of nitrogens with one attached hydrogen (secondary N) is 1. The van der Waals surface area contributed by atoms with Gasteiger partial charge in [-0.2, -0.15) is 0 Å². The molecule has 2 aromatic carbocycles. The molecule has 0 radical (unpaired) electrons. The van der Waals surface area contributed by atoms with E-state index in [9.17, 15) is 9.59 Å². The molecular formula is C28H29N3O3. The highest BCUT2D eigenvalue weighted by molar-refractivity contribution is 5.99. The van der Waals surface area contributed by atoms with Crippen molar-refractivity contribution in [3.05, 3.63) is 83.6 Å². The fourth-order valence-corrected chi connectivity index (χ4v) is 6.18. The maximum Gasteiger partial charge on any atom is 0.417 e. The number of ether oxygens (including phenoxy) is 1. The number of carbonyl (C=O) groups excluding carboxylic acids is 2. The molecule has 1 saturated heterocycles. The molecule has 0 aliphatic carbocycles. The van der Waals surface area contributed by atoms with E-state index in [0.29, 0.717) is 12.8 Å². The summed E-state index contributed by atoms with van der Waals surface area (Å²) < 4.78 is 5.43. The molecule has 174 valence electrons. The van der Waals surface area contributed by atoms with Crippen LogP contribution in [-0.2, 0) is 22.4 Å². The normalized spacial score (nSPS) is 26.4. The summed E-state index contributed by atoms with van der Waals surface area (Å²) >= 11 is 0. The van der Waals surface area contributed by atoms with Crippen molar-refractivity contribution >= 4 is 22.9 Å². The van der Waals surface area contributed by atoms with E-state index < -0.39 is 11.5 Å². The average Bonchev–Trinajstić information content (AvgIpc) is 3.43. The number of cyclic esters (lactones) is 1. The van der Waals surface area contributed by atoms with Gasteiger partial charge in [-0.05, 0) is 36.5 Å². The lowest BCUT2D eigenvalue weighted by Gasteiger charge is -2.48. The Kier molecular flexibility index (Phi) is 5.06. The molecule has 0 spiro atoms. The molecule has 4 heterocycles. The molecule has 3 aromatic rings. The quantitative estimate of drug-likeness (QED) is 0.583. The highest BCUT2D eigenvalue weighted by Crippen LogP contribution is 2.50. The standard InChI is InChI=1S/C28H29N3O3/c1-2-28(26(32)31-20(18-34-27(31)33)17-19-9-4-3-5-10-19)14-8-15-30-16-13-22-21-11-6-7-12-23(21)29-24(22)25(28)30/h3-12,14,20,25,29H,2,13,15-18H2,1H3/t20-,25+,28+/m1/s1. The van der Waals surface area contributed by atoms with Gasteiger partial charge >= 0.3 is 6.09 Å². The Balaban J connectivity index is 1.42. The second kappa shape index (κ2) is 8.13. The van der Waals surface area contributed by atoms with Crippen molar-refractivity contribution in [2.75, 3.05) is 19.7 Å². The first-order chi connectivity index (χ1) is 16.6. The van der Waals surface area contributed by atoms with Crippen molar-refractivity contribution in [3.8, 4) is 0 Å². The topological polar surface area (TPSA) is 65.6 Å². The third kappa shape index (κ3) is 3.12. The number of aromatic amines is 1. The molecule has 2 amide bonds. The molecule has 1 N–H and O–H groups in total. The number of para-hydroxylation sites is 1. The third-order valence-corrected chi connectivity index (χ3v) is 7.85. The van der Waals surface area contributed by atoms with Crippen LogP contribution in [0.1, 0.15) is 36.2 Å². The van der Waals surface area contributed by atoms with E-state index in [-0.39, 0.29) is 24.6 Å². The highest BCUT2D eigenvalue weighted by Gasteiger charge is 2.55. The van der Waals surface area contributed by atoms with Crippen LogP contribution in [0, 0.1) is 5.41 Å². The van der Waals surface area contributed by atoms with Gasteiger partial charge in [0.15, 0.2) is 0 Å². The van der Waals surface area contributed by atoms with E-state index in [2.05, 4.69) is 47.2 Å². The molecule has 0 unspecified atom stereocenters. The number of carbonyl (C=O) groups is 2. The van der Waals surface area contributed by atoms with Gasteiger partial charge in [-0.1, -0.05) is 67.6 Å². The summed E-state index contributed by atoms with van der Waals surface area (Å²) in [6.07, 6.45) is 5.76. The van der Waals surface area contributed by atoms with Crippen molar-refractivity contribution in [1.82, 2.24) is 14.8 Å². The van der Waals surface area contributed by atoms with E-state index in [4.69, 9.17) is 4.74 Å². The van der Waals surface area contributed by atoms with Crippen molar-refractivity contribution in [2.24, 2.45) is 5.41 Å². The highest BCUT2D eigenvalue weighted by atomic mass is 16.6. The molecule has 0 saturated carbocycles. The van der Waals surface area contributed by atoms with Crippen molar-refractivity contribution in [2.45, 2.75) is 38.3 Å². The minimum Gasteiger partial charge on any atom is -0.447 e. The Hall–Kier alpha value is -3.38. The molecule has 6 heteroatoms. The van der Waals surface area contributed by atoms with Gasteiger partial charge in [-0.3, -0.25) is 9.69 Å². The second-order valence-electron chi connectivity index (χ2n) is 9.60. The minimum atomic E-state index is -0.841. The number of fused-ring (bicyclic) bond motifs is 5. The lowest BCUT2D eigenvalue weighted by molar-refractivity contribution is -0.142. The van der Waals surface area contributed by atoms with Gasteiger partial charge in [-0.25, -0.2) is 9.69 Å². The number of H-pyrrole nitrogens is 1. The van der Waals surface area contributed by atoms with Crippen molar-refractivity contribution < 1.29 is 14.3 Å². The van der Waals surface area contributed by atoms with Gasteiger partial charge < -0.3 is 9.72 Å². The van der Waals surface area contributed by atoms with Crippen LogP contribution in [0.3, 0.4) is 0 Å². The van der Waals surface area contributed by atoms with Gasteiger partial charge in [0.2, 0.25) is 5.91 Å². The number of benzene rings is 2. The Bertz CT molecular complexity index is 1280. The van der Waals surface area contributed by atoms with Crippen LogP contribution in [0.5, 0.6) is 0 Å². The zero-order valence-electron chi connectivity index (χ0n) is 19.4. The first kappa shape index (κ1) is 21.2. The molecule has 1 fully saturated rings. The Morgan fingerprint density at radius 2 is 1.94 bits per heavy atom. The summed E-state index contributed by atoms with van der Waals surface area (Å²) in [5.74, 6) is -0.157. The van der Waals surface area contributed by atoms with Crippen LogP contribution in [0.15, 0.2) is 66.7 Å². The largest absolute Gasteiger partial charge is 0.447 e. The predicted octanol–water partition coefficient (Wildman–Crippen LogP) is 4.62. The summed E-state index contributed by atoms with van der Waals surface area (Å²) in [6.45, 7) is 3.97. The van der Waals surface area contributed by atoms with Gasteiger partial charge in [0.25, 0.3) is 0 Å². The first-order valence-corrected chi connectivity index (χ1v) is 12.2. The van der Waals surface area contributed by atoms with Crippen molar-refractivity contribution in [1.29, 1.82) is 0 Å². The van der Waals surface area contributed by atoms with Crippen LogP contribution >= 0.6 is 0 Å². The zero-order valence-corrected chi connectivity index (χ0v) is 19.4. The van der Waals surface area contributed by atoms with Crippen LogP contribution in [-0.4, -0.2) is 52.5 Å². The van der Waals surface area contributed by atoms with E-state index in [1.807, 2.05) is 36.4 Å². The lowest BCUT2D eigenvalue weighted by Crippen LogP contribution is -2.56. The molecule has 34 heavy (non-hydrogen) atoms. The molecular weight excluding hydrogens is 426 g/mol. The van der Waals surface area contributed by atoms with Gasteiger partial charge in [0, 0.05) is 29.7 Å². The van der Waals surface area contributed by atoms with Crippen LogP contribution < -0.4 is 0 Å². The summed E-state index contributed by atoms with van der Waals surface area (Å²) in [4.78, 5) is 34.7. The Morgan fingerprint density at radius 3 is 2.76 bits per heavy atom. The fraction of sp³-hybridized carbons (Fsp3) is 0.357. The van der Waals surface area contributed by atoms with Gasteiger partial charge in [-0.15, -0.1) is 0 Å². The zero-order chi connectivity index (χ0) is 23.3. The number of hydrogen-bond acceptors (Lipinski definition) is 4. The van der Waals surface area contributed by atoms with E-state index >= 15 is 0 Å². The number of nitrogens with zero attached hydrogens (tertiary/aromatic N) is 2. The summed E-state index contributed by atoms with van der Waals surface area (Å²) in [5, 5.41) is 1.23. The maximum absolute atomic E-state index is 14.4. The molecule has 3 atom stereocenters. The number of aromatic nitrogens is 1. The van der Waals surface area contributed by atoms with Crippen LogP contribution in [0.2, 0.25) is 0 Å². The summed E-state index contributed by atoms with van der Waals surface area (Å²) in [7, 11) is 0. The fourth-order valence-electron chi connectivity index (χ4n) is 6.18. The van der Waals surface area contributed by atoms with Crippen LogP contribution in [0.4, 0.5) is 4.79 Å². The predicted molar refractivity (Wildman–Crippen MR) is 130 cm³/mol. The lowest BCUT2D eigenvalue weighted by atomic mass is 9.70. The number of imide groups is 1. The van der Waals surface area contributed by atoms with E-state index in [1.54, 1.807) is 0 Å². The molecule has 1 aromatic heterocycles. The van der Waals surface area contributed by atoms with E-state index in [0.717, 1.165) is 36.3 Å². The number of amides is 2. The van der Waals surface area contributed by atoms with Crippen LogP contribution in [0.25, 0.3) is 10.9 Å². The molecule has 0 bridgehead atoms.